The molecule has 2 heterocycles. The summed E-state index contributed by atoms with van der Waals surface area (Å²) in [7, 11) is 0. The number of amides is 3. The van der Waals surface area contributed by atoms with Gasteiger partial charge < -0.3 is 5.32 Å². The Labute approximate surface area is 183 Å². The number of benzene rings is 2. The number of carbonyl (C=O) groups is 3. The molecule has 2 atom stereocenters. The van der Waals surface area contributed by atoms with Gasteiger partial charge in [-0.25, -0.2) is 0 Å². The van der Waals surface area contributed by atoms with Gasteiger partial charge in [0, 0.05) is 31.1 Å². The summed E-state index contributed by atoms with van der Waals surface area (Å²) in [6.45, 7) is 2.60. The van der Waals surface area contributed by atoms with Crippen LogP contribution in [0.25, 0.3) is 0 Å². The van der Waals surface area contributed by atoms with Crippen molar-refractivity contribution in [3.8, 4) is 0 Å². The molecule has 0 saturated carbocycles. The molecule has 2 saturated heterocycles. The van der Waals surface area contributed by atoms with Gasteiger partial charge in [0.05, 0.1) is 5.92 Å². The molecule has 0 bridgehead atoms. The van der Waals surface area contributed by atoms with Gasteiger partial charge in [0.25, 0.3) is 5.91 Å². The normalized spacial score (nSPS) is 21.7. The maximum Gasteiger partial charge on any atom is 0.251 e. The van der Waals surface area contributed by atoms with E-state index in [-0.39, 0.29) is 30.1 Å². The smallest absolute Gasteiger partial charge is 0.251 e. The van der Waals surface area contributed by atoms with E-state index in [2.05, 4.69) is 39.8 Å². The first-order chi connectivity index (χ1) is 15.1. The van der Waals surface area contributed by atoms with Crippen LogP contribution in [0.1, 0.15) is 47.2 Å². The summed E-state index contributed by atoms with van der Waals surface area (Å²) in [5.74, 6) is -0.811. The first-order valence-corrected chi connectivity index (χ1v) is 11.1. The van der Waals surface area contributed by atoms with Gasteiger partial charge in [-0.15, -0.1) is 0 Å². The van der Waals surface area contributed by atoms with Crippen LogP contribution < -0.4 is 10.6 Å². The van der Waals surface area contributed by atoms with Crippen LogP contribution >= 0.6 is 0 Å². The van der Waals surface area contributed by atoms with Crippen LogP contribution in [-0.2, 0) is 22.6 Å². The Kier molecular flexibility index (Phi) is 6.77. The average Bonchev–Trinajstić information content (AvgIpc) is 3.10. The monoisotopic (exact) mass is 419 g/mol. The Bertz CT molecular complexity index is 927. The van der Waals surface area contributed by atoms with Crippen molar-refractivity contribution in [1.29, 1.82) is 0 Å². The van der Waals surface area contributed by atoms with E-state index >= 15 is 0 Å². The molecule has 2 fully saturated rings. The molecule has 2 N–H and O–H groups in total. The fraction of sp³-hybridized carbons (Fsp3) is 0.400. The van der Waals surface area contributed by atoms with Crippen LogP contribution in [0.15, 0.2) is 54.6 Å². The van der Waals surface area contributed by atoms with Crippen LogP contribution in [0.2, 0.25) is 0 Å². The van der Waals surface area contributed by atoms with Gasteiger partial charge in [-0.2, -0.15) is 0 Å². The summed E-state index contributed by atoms with van der Waals surface area (Å²) >= 11 is 0. The number of imide groups is 1. The lowest BCUT2D eigenvalue weighted by atomic mass is 9.97. The third-order valence-electron chi connectivity index (χ3n) is 6.24. The largest absolute Gasteiger partial charge is 0.350 e. The second kappa shape index (κ2) is 9.88. The highest BCUT2D eigenvalue weighted by Gasteiger charge is 2.30. The molecule has 2 aliphatic rings. The van der Waals surface area contributed by atoms with Crippen molar-refractivity contribution in [2.24, 2.45) is 5.92 Å². The van der Waals surface area contributed by atoms with Crippen molar-refractivity contribution >= 4 is 17.7 Å². The molecule has 0 spiro atoms. The fourth-order valence-electron chi connectivity index (χ4n) is 4.48. The minimum atomic E-state index is -0.311. The summed E-state index contributed by atoms with van der Waals surface area (Å²) in [6, 6.07) is 18.1. The Morgan fingerprint density at radius 3 is 2.48 bits per heavy atom. The van der Waals surface area contributed by atoms with Gasteiger partial charge in [0.1, 0.15) is 0 Å². The molecule has 4 rings (SSSR count). The maximum absolute atomic E-state index is 12.7. The summed E-state index contributed by atoms with van der Waals surface area (Å²) < 4.78 is 0. The van der Waals surface area contributed by atoms with E-state index in [9.17, 15) is 14.4 Å². The third-order valence-corrected chi connectivity index (χ3v) is 6.24. The van der Waals surface area contributed by atoms with Gasteiger partial charge in [-0.1, -0.05) is 48.9 Å². The second-order valence-corrected chi connectivity index (χ2v) is 8.53. The van der Waals surface area contributed by atoms with Crippen molar-refractivity contribution in [1.82, 2.24) is 15.5 Å². The van der Waals surface area contributed by atoms with Gasteiger partial charge in [-0.3, -0.25) is 24.6 Å². The number of hydrogen-bond donors (Lipinski definition) is 2. The van der Waals surface area contributed by atoms with E-state index in [1.807, 2.05) is 18.2 Å². The molecule has 0 aromatic heterocycles. The SMILES string of the molecule is O=C1CC(Cc2ccc(C(=O)NCC3CCCCN3Cc3ccccc3)cc2)C(=O)N1. The van der Waals surface area contributed by atoms with Crippen molar-refractivity contribution in [2.45, 2.75) is 44.7 Å². The Morgan fingerprint density at radius 2 is 1.77 bits per heavy atom. The third kappa shape index (κ3) is 5.58. The quantitative estimate of drug-likeness (QED) is 0.677. The average molecular weight is 420 g/mol. The molecule has 2 aromatic rings. The van der Waals surface area contributed by atoms with E-state index in [1.165, 1.54) is 18.4 Å². The summed E-state index contributed by atoms with van der Waals surface area (Å²) in [4.78, 5) is 38.2. The topological polar surface area (TPSA) is 78.5 Å². The lowest BCUT2D eigenvalue weighted by Gasteiger charge is -2.36. The highest BCUT2D eigenvalue weighted by atomic mass is 16.2. The number of carbonyl (C=O) groups excluding carboxylic acids is 3. The predicted molar refractivity (Wildman–Crippen MR) is 118 cm³/mol. The molecule has 31 heavy (non-hydrogen) atoms. The number of likely N-dealkylation sites (tertiary alicyclic amines) is 1. The summed E-state index contributed by atoms with van der Waals surface area (Å²) in [5.41, 5.74) is 2.86. The van der Waals surface area contributed by atoms with Gasteiger partial charge in [0.2, 0.25) is 11.8 Å². The highest BCUT2D eigenvalue weighted by Crippen LogP contribution is 2.20. The fourth-order valence-corrected chi connectivity index (χ4v) is 4.48. The molecule has 6 heteroatoms. The minimum absolute atomic E-state index is 0.0782. The van der Waals surface area contributed by atoms with Crippen molar-refractivity contribution in [3.05, 3.63) is 71.3 Å². The number of hydrogen-bond acceptors (Lipinski definition) is 4. The molecular weight excluding hydrogens is 390 g/mol. The number of nitrogens with zero attached hydrogens (tertiary/aromatic N) is 1. The van der Waals surface area contributed by atoms with Gasteiger partial charge in [0.15, 0.2) is 0 Å². The zero-order chi connectivity index (χ0) is 21.6. The maximum atomic E-state index is 12.7. The Hall–Kier alpha value is -2.99. The molecule has 2 unspecified atom stereocenters. The van der Waals surface area contributed by atoms with Crippen molar-refractivity contribution < 1.29 is 14.4 Å². The van der Waals surface area contributed by atoms with Gasteiger partial charge >= 0.3 is 0 Å². The highest BCUT2D eigenvalue weighted by molar-refractivity contribution is 6.03. The van der Waals surface area contributed by atoms with E-state index in [0.29, 0.717) is 24.6 Å². The number of nitrogens with one attached hydrogen (secondary N) is 2. The van der Waals surface area contributed by atoms with Crippen LogP contribution in [0.5, 0.6) is 0 Å². The van der Waals surface area contributed by atoms with Crippen molar-refractivity contribution in [3.63, 3.8) is 0 Å². The van der Waals surface area contributed by atoms with E-state index in [0.717, 1.165) is 25.1 Å². The first-order valence-electron chi connectivity index (χ1n) is 11.1. The standard InChI is InChI=1S/C25H29N3O3/c29-23-15-21(25(31)27-23)14-18-9-11-20(12-10-18)24(30)26-16-22-8-4-5-13-28(22)17-19-6-2-1-3-7-19/h1-3,6-7,9-12,21-22H,4-5,8,13-17H2,(H,26,30)(H,27,29,31). The van der Waals surface area contributed by atoms with Gasteiger partial charge in [-0.05, 0) is 49.1 Å². The zero-order valence-electron chi connectivity index (χ0n) is 17.7. The van der Waals surface area contributed by atoms with E-state index in [1.54, 1.807) is 12.1 Å². The second-order valence-electron chi connectivity index (χ2n) is 8.53. The molecule has 6 nitrogen and oxygen atoms in total. The van der Waals surface area contributed by atoms with Crippen LogP contribution in [-0.4, -0.2) is 41.8 Å². The predicted octanol–water partition coefficient (Wildman–Crippen LogP) is 2.68. The molecular formula is C25H29N3O3. The van der Waals surface area contributed by atoms with E-state index < -0.39 is 0 Å². The molecule has 2 aliphatic heterocycles. The lowest BCUT2D eigenvalue weighted by molar-refractivity contribution is -0.125. The Morgan fingerprint density at radius 1 is 1.00 bits per heavy atom. The van der Waals surface area contributed by atoms with E-state index in [4.69, 9.17) is 0 Å². The molecule has 0 radical (unpaired) electrons. The molecule has 2 aromatic carbocycles. The zero-order valence-corrected chi connectivity index (χ0v) is 17.7. The van der Waals surface area contributed by atoms with Crippen LogP contribution in [0.4, 0.5) is 0 Å². The van der Waals surface area contributed by atoms with Crippen LogP contribution in [0.3, 0.4) is 0 Å². The molecule has 162 valence electrons. The number of rotatable bonds is 7. The lowest BCUT2D eigenvalue weighted by Crippen LogP contribution is -2.46. The minimum Gasteiger partial charge on any atom is -0.350 e. The summed E-state index contributed by atoms with van der Waals surface area (Å²) in [5, 5.41) is 5.44. The summed E-state index contributed by atoms with van der Waals surface area (Å²) in [6.07, 6.45) is 4.23. The Balaban J connectivity index is 1.30. The first kappa shape index (κ1) is 21.2. The van der Waals surface area contributed by atoms with Crippen molar-refractivity contribution in [2.75, 3.05) is 13.1 Å². The molecule has 3 amide bonds. The van der Waals surface area contributed by atoms with Crippen LogP contribution in [0, 0.1) is 5.92 Å². The molecule has 0 aliphatic carbocycles. The number of piperidine rings is 1.